The molecule has 0 fully saturated rings. The third-order valence-corrected chi connectivity index (χ3v) is 5.69. The Morgan fingerprint density at radius 3 is 2.61 bits per heavy atom. The minimum Gasteiger partial charge on any atom is -0.492 e. The Balaban J connectivity index is 1.55. The maximum atomic E-state index is 14.0. The van der Waals surface area contributed by atoms with Crippen LogP contribution in [0.15, 0.2) is 36.4 Å². The van der Waals surface area contributed by atoms with Crippen LogP contribution in [-0.4, -0.2) is 25.9 Å². The molecule has 2 atom stereocenters. The standard InChI is InChI=1S/C22H19F5O4/c1-29-20(28)9-12-11-30-19-10-13(5-6-14(12)19)31-18-8-7-15-16(18)3-2-4-17(15)21(23,24)22(25,26)27/h2-6,10,12,18H,7-9,11H2,1H3. The van der Waals surface area contributed by atoms with Gasteiger partial charge in [0, 0.05) is 23.1 Å². The van der Waals surface area contributed by atoms with Crippen LogP contribution in [0.4, 0.5) is 22.0 Å². The molecule has 31 heavy (non-hydrogen) atoms. The van der Waals surface area contributed by atoms with E-state index in [1.54, 1.807) is 18.2 Å². The number of carbonyl (C=O) groups is 1. The fraction of sp³-hybridized carbons (Fsp3) is 0.409. The maximum Gasteiger partial charge on any atom is 0.458 e. The smallest absolute Gasteiger partial charge is 0.458 e. The van der Waals surface area contributed by atoms with Gasteiger partial charge in [0.15, 0.2) is 0 Å². The molecule has 2 aromatic rings. The lowest BCUT2D eigenvalue weighted by Crippen LogP contribution is -2.34. The van der Waals surface area contributed by atoms with Crippen molar-refractivity contribution in [2.24, 2.45) is 0 Å². The zero-order valence-corrected chi connectivity index (χ0v) is 16.5. The highest BCUT2D eigenvalue weighted by Gasteiger charge is 2.60. The number of hydrogen-bond donors (Lipinski definition) is 0. The molecule has 1 aliphatic heterocycles. The summed E-state index contributed by atoms with van der Waals surface area (Å²) in [5.41, 5.74) is 0.111. The van der Waals surface area contributed by atoms with Crippen LogP contribution >= 0.6 is 0 Å². The van der Waals surface area contributed by atoms with Crippen molar-refractivity contribution in [1.82, 2.24) is 0 Å². The first-order chi connectivity index (χ1) is 14.6. The monoisotopic (exact) mass is 442 g/mol. The van der Waals surface area contributed by atoms with Gasteiger partial charge in [-0.15, -0.1) is 0 Å². The summed E-state index contributed by atoms with van der Waals surface area (Å²) in [7, 11) is 1.31. The molecule has 9 heteroatoms. The van der Waals surface area contributed by atoms with Crippen molar-refractivity contribution in [1.29, 1.82) is 0 Å². The molecule has 0 N–H and O–H groups in total. The van der Waals surface area contributed by atoms with E-state index in [9.17, 15) is 26.7 Å². The minimum atomic E-state index is -5.67. The number of esters is 1. The first kappa shape index (κ1) is 21.4. The quantitative estimate of drug-likeness (QED) is 0.457. The molecule has 0 radical (unpaired) electrons. The highest BCUT2D eigenvalue weighted by molar-refractivity contribution is 5.71. The molecule has 2 aliphatic rings. The molecule has 4 rings (SSSR count). The Morgan fingerprint density at radius 2 is 1.90 bits per heavy atom. The van der Waals surface area contributed by atoms with Gasteiger partial charge >= 0.3 is 18.1 Å². The van der Waals surface area contributed by atoms with Gasteiger partial charge < -0.3 is 14.2 Å². The normalized spacial score (nSPS) is 20.1. The molecule has 2 unspecified atom stereocenters. The molecule has 0 bridgehead atoms. The largest absolute Gasteiger partial charge is 0.492 e. The van der Waals surface area contributed by atoms with Crippen LogP contribution in [0, 0.1) is 0 Å². The van der Waals surface area contributed by atoms with Gasteiger partial charge in [-0.2, -0.15) is 22.0 Å². The maximum absolute atomic E-state index is 14.0. The summed E-state index contributed by atoms with van der Waals surface area (Å²) in [6.45, 7) is 0.316. The topological polar surface area (TPSA) is 44.8 Å². The first-order valence-corrected chi connectivity index (χ1v) is 9.69. The second kappa shape index (κ2) is 7.69. The van der Waals surface area contributed by atoms with Crippen molar-refractivity contribution in [3.8, 4) is 11.5 Å². The molecule has 0 aromatic heterocycles. The van der Waals surface area contributed by atoms with Gasteiger partial charge in [0.2, 0.25) is 0 Å². The van der Waals surface area contributed by atoms with Crippen LogP contribution in [0.1, 0.15) is 47.1 Å². The molecule has 2 aromatic carbocycles. The third-order valence-electron chi connectivity index (χ3n) is 5.69. The summed E-state index contributed by atoms with van der Waals surface area (Å²) >= 11 is 0. The van der Waals surface area contributed by atoms with Gasteiger partial charge in [0.1, 0.15) is 17.6 Å². The molecule has 1 heterocycles. The highest BCUT2D eigenvalue weighted by atomic mass is 19.4. The van der Waals surface area contributed by atoms with Gasteiger partial charge in [-0.1, -0.05) is 24.3 Å². The zero-order chi connectivity index (χ0) is 22.4. The van der Waals surface area contributed by atoms with E-state index < -0.39 is 23.8 Å². The van der Waals surface area contributed by atoms with E-state index in [4.69, 9.17) is 9.47 Å². The van der Waals surface area contributed by atoms with E-state index in [1.807, 2.05) is 0 Å². The van der Waals surface area contributed by atoms with E-state index in [2.05, 4.69) is 4.74 Å². The molecule has 0 amide bonds. The summed E-state index contributed by atoms with van der Waals surface area (Å²) in [4.78, 5) is 11.5. The van der Waals surface area contributed by atoms with Crippen LogP contribution in [0.5, 0.6) is 11.5 Å². The molecule has 0 spiro atoms. The lowest BCUT2D eigenvalue weighted by atomic mass is 9.97. The van der Waals surface area contributed by atoms with Crippen molar-refractivity contribution in [3.63, 3.8) is 0 Å². The fourth-order valence-electron chi connectivity index (χ4n) is 4.13. The highest BCUT2D eigenvalue weighted by Crippen LogP contribution is 2.49. The minimum absolute atomic E-state index is 0.0228. The molecular weight excluding hydrogens is 423 g/mol. The second-order valence-corrected chi connectivity index (χ2v) is 7.58. The molecule has 0 saturated heterocycles. The van der Waals surface area contributed by atoms with Crippen LogP contribution in [0.3, 0.4) is 0 Å². The van der Waals surface area contributed by atoms with Crippen molar-refractivity contribution in [2.45, 2.75) is 43.4 Å². The number of benzene rings is 2. The van der Waals surface area contributed by atoms with E-state index in [0.29, 0.717) is 23.7 Å². The number of hydrogen-bond acceptors (Lipinski definition) is 4. The van der Waals surface area contributed by atoms with E-state index in [0.717, 1.165) is 11.6 Å². The number of ether oxygens (including phenoxy) is 3. The first-order valence-electron chi connectivity index (χ1n) is 9.69. The number of methoxy groups -OCH3 is 1. The Bertz CT molecular complexity index is 1000. The molecule has 0 saturated carbocycles. The van der Waals surface area contributed by atoms with Crippen molar-refractivity contribution >= 4 is 5.97 Å². The molecule has 4 nitrogen and oxygen atoms in total. The van der Waals surface area contributed by atoms with Crippen LogP contribution in [-0.2, 0) is 21.9 Å². The fourth-order valence-corrected chi connectivity index (χ4v) is 4.13. The average molecular weight is 442 g/mol. The number of carbonyl (C=O) groups excluding carboxylic acids is 1. The van der Waals surface area contributed by atoms with Gasteiger partial charge in [-0.25, -0.2) is 0 Å². The third kappa shape index (κ3) is 3.81. The summed E-state index contributed by atoms with van der Waals surface area (Å²) in [5.74, 6) is -4.47. The summed E-state index contributed by atoms with van der Waals surface area (Å²) in [5, 5.41) is 0. The van der Waals surface area contributed by atoms with Gasteiger partial charge in [-0.3, -0.25) is 4.79 Å². The van der Waals surface area contributed by atoms with Gasteiger partial charge in [-0.05, 0) is 30.0 Å². The Morgan fingerprint density at radius 1 is 1.13 bits per heavy atom. The predicted octanol–water partition coefficient (Wildman–Crippen LogP) is 5.45. The average Bonchev–Trinajstić information content (AvgIpc) is 3.31. The van der Waals surface area contributed by atoms with Crippen molar-refractivity contribution < 1.29 is 41.0 Å². The summed E-state index contributed by atoms with van der Waals surface area (Å²) in [6, 6.07) is 8.59. The zero-order valence-electron chi connectivity index (χ0n) is 16.5. The lowest BCUT2D eigenvalue weighted by molar-refractivity contribution is -0.289. The van der Waals surface area contributed by atoms with E-state index >= 15 is 0 Å². The van der Waals surface area contributed by atoms with Crippen molar-refractivity contribution in [3.05, 3.63) is 58.7 Å². The Labute approximate surface area is 174 Å². The molecule has 166 valence electrons. The van der Waals surface area contributed by atoms with Gasteiger partial charge in [0.25, 0.3) is 0 Å². The second-order valence-electron chi connectivity index (χ2n) is 7.58. The number of halogens is 5. The molecular formula is C22H19F5O4. The summed E-state index contributed by atoms with van der Waals surface area (Å²) < 4.78 is 82.7. The lowest BCUT2D eigenvalue weighted by Gasteiger charge is -2.23. The van der Waals surface area contributed by atoms with Gasteiger partial charge in [0.05, 0.1) is 20.1 Å². The summed E-state index contributed by atoms with van der Waals surface area (Å²) in [6.07, 6.45) is -5.80. The number of alkyl halides is 5. The van der Waals surface area contributed by atoms with Crippen molar-refractivity contribution in [2.75, 3.05) is 13.7 Å². The van der Waals surface area contributed by atoms with Crippen LogP contribution in [0.2, 0.25) is 0 Å². The molecule has 1 aliphatic carbocycles. The number of fused-ring (bicyclic) bond motifs is 2. The predicted molar refractivity (Wildman–Crippen MR) is 99.4 cm³/mol. The van der Waals surface area contributed by atoms with Crippen LogP contribution < -0.4 is 9.47 Å². The van der Waals surface area contributed by atoms with Crippen LogP contribution in [0.25, 0.3) is 0 Å². The Kier molecular flexibility index (Phi) is 5.31. The van der Waals surface area contributed by atoms with E-state index in [-0.39, 0.29) is 36.7 Å². The Hall–Kier alpha value is -2.84. The SMILES string of the molecule is COC(=O)CC1COc2cc(OC3CCc4c3cccc4C(F)(F)C(F)(F)F)ccc21. The number of rotatable bonds is 5. The van der Waals surface area contributed by atoms with E-state index in [1.165, 1.54) is 19.2 Å².